The van der Waals surface area contributed by atoms with Crippen molar-refractivity contribution in [3.05, 3.63) is 41.7 Å². The van der Waals surface area contributed by atoms with Crippen molar-refractivity contribution in [1.29, 1.82) is 0 Å². The highest BCUT2D eigenvalue weighted by Crippen LogP contribution is 2.27. The topological polar surface area (TPSA) is 48.3 Å². The Morgan fingerprint density at radius 1 is 1.30 bits per heavy atom. The van der Waals surface area contributed by atoms with Gasteiger partial charge in [-0.2, -0.15) is 5.10 Å². The van der Waals surface area contributed by atoms with E-state index in [2.05, 4.69) is 16.5 Å². The first kappa shape index (κ1) is 14.4. The van der Waals surface area contributed by atoms with Gasteiger partial charge in [-0.1, -0.05) is 12.1 Å². The third kappa shape index (κ3) is 2.93. The van der Waals surface area contributed by atoms with Gasteiger partial charge in [-0.05, 0) is 31.2 Å². The number of ether oxygens (including phenoxy) is 2. The van der Waals surface area contributed by atoms with Crippen LogP contribution in [0.3, 0.4) is 0 Å². The number of likely N-dealkylation sites (N-methyl/N-ethyl adjacent to an activating group) is 1. The Balaban J connectivity index is 2.26. The molecular formula is C15H21N3O2. The van der Waals surface area contributed by atoms with Crippen molar-refractivity contribution in [2.75, 3.05) is 21.3 Å². The molecule has 1 aromatic carbocycles. The largest absolute Gasteiger partial charge is 0.497 e. The van der Waals surface area contributed by atoms with Gasteiger partial charge in [-0.15, -0.1) is 0 Å². The number of aromatic nitrogens is 2. The van der Waals surface area contributed by atoms with Gasteiger partial charge in [0.25, 0.3) is 0 Å². The number of nitrogens with one attached hydrogen (secondary N) is 1. The molecule has 20 heavy (non-hydrogen) atoms. The molecule has 1 aromatic heterocycles. The second-order valence-electron chi connectivity index (χ2n) is 4.62. The summed E-state index contributed by atoms with van der Waals surface area (Å²) in [5, 5.41) is 7.58. The van der Waals surface area contributed by atoms with E-state index in [9.17, 15) is 0 Å². The van der Waals surface area contributed by atoms with Gasteiger partial charge in [-0.25, -0.2) is 0 Å². The molecule has 108 valence electrons. The van der Waals surface area contributed by atoms with Crippen LogP contribution in [0.4, 0.5) is 0 Å². The Labute approximate surface area is 119 Å². The Morgan fingerprint density at radius 3 is 2.75 bits per heavy atom. The SMILES string of the molecule is CNC(Cc1cccc(OC)c1)c1c(OC)cnn1C. The predicted octanol–water partition coefficient (Wildman–Crippen LogP) is 1.94. The van der Waals surface area contributed by atoms with Gasteiger partial charge in [0.05, 0.1) is 32.2 Å². The van der Waals surface area contributed by atoms with Gasteiger partial charge < -0.3 is 14.8 Å². The second-order valence-corrected chi connectivity index (χ2v) is 4.62. The monoisotopic (exact) mass is 275 g/mol. The maximum atomic E-state index is 5.38. The van der Waals surface area contributed by atoms with Gasteiger partial charge in [0.1, 0.15) is 5.75 Å². The molecule has 0 bridgehead atoms. The normalized spacial score (nSPS) is 12.2. The first-order valence-electron chi connectivity index (χ1n) is 6.55. The van der Waals surface area contributed by atoms with Gasteiger partial charge in [-0.3, -0.25) is 4.68 Å². The zero-order valence-corrected chi connectivity index (χ0v) is 12.4. The van der Waals surface area contributed by atoms with Crippen molar-refractivity contribution >= 4 is 0 Å². The summed E-state index contributed by atoms with van der Waals surface area (Å²) in [4.78, 5) is 0. The lowest BCUT2D eigenvalue weighted by molar-refractivity contribution is 0.396. The lowest BCUT2D eigenvalue weighted by atomic mass is 10.0. The molecule has 1 atom stereocenters. The highest BCUT2D eigenvalue weighted by Gasteiger charge is 2.19. The summed E-state index contributed by atoms with van der Waals surface area (Å²) in [5.74, 6) is 1.67. The molecule has 5 nitrogen and oxygen atoms in total. The average molecular weight is 275 g/mol. The fourth-order valence-corrected chi connectivity index (χ4v) is 2.35. The Hall–Kier alpha value is -2.01. The Bertz CT molecular complexity index is 566. The van der Waals surface area contributed by atoms with E-state index in [1.54, 1.807) is 20.4 Å². The van der Waals surface area contributed by atoms with Gasteiger partial charge in [0, 0.05) is 7.05 Å². The first-order chi connectivity index (χ1) is 9.69. The van der Waals surface area contributed by atoms with Gasteiger partial charge in [0.15, 0.2) is 5.75 Å². The smallest absolute Gasteiger partial charge is 0.161 e. The highest BCUT2D eigenvalue weighted by atomic mass is 16.5. The third-order valence-corrected chi connectivity index (χ3v) is 3.42. The molecule has 0 fully saturated rings. The third-order valence-electron chi connectivity index (χ3n) is 3.42. The molecule has 0 aliphatic rings. The fraction of sp³-hybridized carbons (Fsp3) is 0.400. The van der Waals surface area contributed by atoms with Gasteiger partial charge >= 0.3 is 0 Å². The summed E-state index contributed by atoms with van der Waals surface area (Å²) in [5.41, 5.74) is 2.24. The molecule has 5 heteroatoms. The van der Waals surface area contributed by atoms with Crippen molar-refractivity contribution in [2.24, 2.45) is 7.05 Å². The Kier molecular flexibility index (Phi) is 4.63. The molecule has 2 rings (SSSR count). The number of hydrogen-bond donors (Lipinski definition) is 1. The number of aryl methyl sites for hydroxylation is 1. The molecule has 0 amide bonds. The van der Waals surface area contributed by atoms with Crippen molar-refractivity contribution < 1.29 is 9.47 Å². The maximum absolute atomic E-state index is 5.38. The van der Waals surface area contributed by atoms with Crippen LogP contribution < -0.4 is 14.8 Å². The number of benzene rings is 1. The summed E-state index contributed by atoms with van der Waals surface area (Å²) in [6.45, 7) is 0. The van der Waals surface area contributed by atoms with Crippen LogP contribution >= 0.6 is 0 Å². The number of nitrogens with zero attached hydrogens (tertiary/aromatic N) is 2. The molecule has 0 saturated heterocycles. The van der Waals surface area contributed by atoms with Crippen LogP contribution in [0, 0.1) is 0 Å². The fourth-order valence-electron chi connectivity index (χ4n) is 2.35. The molecule has 1 heterocycles. The predicted molar refractivity (Wildman–Crippen MR) is 78.3 cm³/mol. The minimum absolute atomic E-state index is 0.129. The zero-order valence-electron chi connectivity index (χ0n) is 12.4. The molecule has 1 N–H and O–H groups in total. The zero-order chi connectivity index (χ0) is 14.5. The van der Waals surface area contributed by atoms with Crippen LogP contribution in [0.1, 0.15) is 17.3 Å². The van der Waals surface area contributed by atoms with Crippen molar-refractivity contribution in [3.8, 4) is 11.5 Å². The van der Waals surface area contributed by atoms with E-state index in [1.165, 1.54) is 5.56 Å². The van der Waals surface area contributed by atoms with Crippen LogP contribution in [0.15, 0.2) is 30.5 Å². The summed E-state index contributed by atoms with van der Waals surface area (Å²) in [6, 6.07) is 8.22. The van der Waals surface area contributed by atoms with Crippen LogP contribution in [-0.2, 0) is 13.5 Å². The van der Waals surface area contributed by atoms with E-state index in [4.69, 9.17) is 9.47 Å². The molecule has 1 unspecified atom stereocenters. The molecule has 0 radical (unpaired) electrons. The number of rotatable bonds is 6. The summed E-state index contributed by atoms with van der Waals surface area (Å²) in [6.07, 6.45) is 2.58. The van der Waals surface area contributed by atoms with E-state index in [1.807, 2.05) is 37.0 Å². The van der Waals surface area contributed by atoms with E-state index in [0.29, 0.717) is 0 Å². The van der Waals surface area contributed by atoms with E-state index < -0.39 is 0 Å². The van der Waals surface area contributed by atoms with E-state index >= 15 is 0 Å². The van der Waals surface area contributed by atoms with E-state index in [-0.39, 0.29) is 6.04 Å². The summed E-state index contributed by atoms with van der Waals surface area (Å²) in [7, 11) is 7.21. The van der Waals surface area contributed by atoms with Crippen LogP contribution in [-0.4, -0.2) is 31.0 Å². The lowest BCUT2D eigenvalue weighted by Gasteiger charge is -2.18. The number of hydrogen-bond acceptors (Lipinski definition) is 4. The molecule has 0 aliphatic carbocycles. The van der Waals surface area contributed by atoms with E-state index in [0.717, 1.165) is 23.6 Å². The van der Waals surface area contributed by atoms with Crippen molar-refractivity contribution in [3.63, 3.8) is 0 Å². The van der Waals surface area contributed by atoms with Crippen LogP contribution in [0.2, 0.25) is 0 Å². The maximum Gasteiger partial charge on any atom is 0.161 e. The van der Waals surface area contributed by atoms with Crippen molar-refractivity contribution in [1.82, 2.24) is 15.1 Å². The summed E-state index contributed by atoms with van der Waals surface area (Å²) < 4.78 is 12.5. The summed E-state index contributed by atoms with van der Waals surface area (Å²) >= 11 is 0. The average Bonchev–Trinajstić information content (AvgIpc) is 2.86. The standard InChI is InChI=1S/C15H21N3O2/c1-16-13(15-14(20-4)10-17-18(15)2)9-11-6-5-7-12(8-11)19-3/h5-8,10,13,16H,9H2,1-4H3. The lowest BCUT2D eigenvalue weighted by Crippen LogP contribution is -2.22. The minimum atomic E-state index is 0.129. The molecule has 0 saturated carbocycles. The van der Waals surface area contributed by atoms with Crippen molar-refractivity contribution in [2.45, 2.75) is 12.5 Å². The van der Waals surface area contributed by atoms with Gasteiger partial charge in [0.2, 0.25) is 0 Å². The molecule has 0 spiro atoms. The Morgan fingerprint density at radius 2 is 2.10 bits per heavy atom. The van der Waals surface area contributed by atoms with Crippen LogP contribution in [0.25, 0.3) is 0 Å². The second kappa shape index (κ2) is 6.43. The molecule has 0 aliphatic heterocycles. The highest BCUT2D eigenvalue weighted by molar-refractivity contribution is 5.33. The molecular weight excluding hydrogens is 254 g/mol. The quantitative estimate of drug-likeness (QED) is 0.875. The number of methoxy groups -OCH3 is 2. The minimum Gasteiger partial charge on any atom is -0.497 e. The molecule has 2 aromatic rings. The van der Waals surface area contributed by atoms with Crippen LogP contribution in [0.5, 0.6) is 11.5 Å². The first-order valence-corrected chi connectivity index (χ1v) is 6.55.